The molecule has 3 rings (SSSR count). The summed E-state index contributed by atoms with van der Waals surface area (Å²) in [5.41, 5.74) is 0.828. The van der Waals surface area contributed by atoms with Gasteiger partial charge in [0.15, 0.2) is 0 Å². The number of ether oxygens (including phenoxy) is 1. The van der Waals surface area contributed by atoms with Crippen LogP contribution in [0.4, 0.5) is 0 Å². The standard InChI is InChI=1S/C22H33BrN4O2/c1-5-7-20(26-11-10-25(3)13-16(14-26)15-29-4)21-24-19-9-8-17(23)12-18(19)22(28)27(21)6-2/h8-9,12,16,20H,5-7,10-11,13-15H2,1-4H3/t16-,20-/m1/s1. The van der Waals surface area contributed by atoms with Gasteiger partial charge in [0.2, 0.25) is 0 Å². The van der Waals surface area contributed by atoms with Gasteiger partial charge in [0.05, 0.1) is 23.6 Å². The number of hydrogen-bond donors (Lipinski definition) is 0. The molecule has 6 nitrogen and oxygen atoms in total. The van der Waals surface area contributed by atoms with Crippen LogP contribution < -0.4 is 5.56 Å². The van der Waals surface area contributed by atoms with Gasteiger partial charge in [-0.1, -0.05) is 29.3 Å². The van der Waals surface area contributed by atoms with E-state index in [1.807, 2.05) is 29.7 Å². The van der Waals surface area contributed by atoms with Crippen molar-refractivity contribution < 1.29 is 4.74 Å². The molecule has 160 valence electrons. The van der Waals surface area contributed by atoms with Crippen molar-refractivity contribution in [3.05, 3.63) is 38.9 Å². The summed E-state index contributed by atoms with van der Waals surface area (Å²) in [7, 11) is 3.95. The van der Waals surface area contributed by atoms with Crippen LogP contribution in [0.15, 0.2) is 27.5 Å². The maximum Gasteiger partial charge on any atom is 0.261 e. The molecule has 1 saturated heterocycles. The maximum atomic E-state index is 13.3. The number of rotatable bonds is 7. The van der Waals surface area contributed by atoms with Crippen LogP contribution in [0.25, 0.3) is 10.9 Å². The lowest BCUT2D eigenvalue weighted by atomic mass is 10.0. The molecule has 0 aliphatic carbocycles. The minimum atomic E-state index is 0.0512. The quantitative estimate of drug-likeness (QED) is 0.627. The highest BCUT2D eigenvalue weighted by Gasteiger charge is 2.30. The summed E-state index contributed by atoms with van der Waals surface area (Å²) in [6.45, 7) is 9.58. The number of fused-ring (bicyclic) bond motifs is 1. The first-order chi connectivity index (χ1) is 14.0. The Morgan fingerprint density at radius 1 is 1.28 bits per heavy atom. The summed E-state index contributed by atoms with van der Waals surface area (Å²) in [5, 5.41) is 0.674. The lowest BCUT2D eigenvalue weighted by Gasteiger charge is -2.33. The maximum absolute atomic E-state index is 13.3. The van der Waals surface area contributed by atoms with Crippen molar-refractivity contribution in [2.24, 2.45) is 5.92 Å². The van der Waals surface area contributed by atoms with E-state index in [0.29, 0.717) is 17.8 Å². The zero-order chi connectivity index (χ0) is 21.0. The molecule has 0 spiro atoms. The highest BCUT2D eigenvalue weighted by atomic mass is 79.9. The molecule has 1 fully saturated rings. The van der Waals surface area contributed by atoms with E-state index in [9.17, 15) is 4.79 Å². The van der Waals surface area contributed by atoms with Gasteiger partial charge >= 0.3 is 0 Å². The first-order valence-electron chi connectivity index (χ1n) is 10.6. The van der Waals surface area contributed by atoms with Crippen molar-refractivity contribution in [3.63, 3.8) is 0 Å². The predicted molar refractivity (Wildman–Crippen MR) is 121 cm³/mol. The Bertz CT molecular complexity index is 885. The van der Waals surface area contributed by atoms with Crippen LogP contribution in [0.5, 0.6) is 0 Å². The molecule has 0 unspecified atom stereocenters. The summed E-state index contributed by atoms with van der Waals surface area (Å²) in [6, 6.07) is 5.91. The van der Waals surface area contributed by atoms with Crippen molar-refractivity contribution >= 4 is 26.8 Å². The number of methoxy groups -OCH3 is 1. The first-order valence-corrected chi connectivity index (χ1v) is 11.4. The second kappa shape index (κ2) is 10.2. The monoisotopic (exact) mass is 464 g/mol. The molecule has 2 aromatic rings. The normalized spacial score (nSPS) is 20.1. The minimum absolute atomic E-state index is 0.0512. The largest absolute Gasteiger partial charge is 0.384 e. The van der Waals surface area contributed by atoms with Gasteiger partial charge in [0, 0.05) is 50.2 Å². The molecule has 1 aliphatic heterocycles. The fraction of sp³-hybridized carbons (Fsp3) is 0.636. The fourth-order valence-corrected chi connectivity index (χ4v) is 4.82. The van der Waals surface area contributed by atoms with E-state index in [-0.39, 0.29) is 11.6 Å². The molecule has 0 radical (unpaired) electrons. The highest BCUT2D eigenvalue weighted by Crippen LogP contribution is 2.28. The number of likely N-dealkylation sites (N-methyl/N-ethyl adjacent to an activating group) is 1. The second-order valence-corrected chi connectivity index (χ2v) is 8.98. The molecule has 0 bridgehead atoms. The molecule has 29 heavy (non-hydrogen) atoms. The van der Waals surface area contributed by atoms with Crippen LogP contribution in [0.1, 0.15) is 38.6 Å². The third-order valence-electron chi connectivity index (χ3n) is 5.80. The number of nitrogens with zero attached hydrogens (tertiary/aromatic N) is 4. The van der Waals surface area contributed by atoms with Gasteiger partial charge in [0.1, 0.15) is 5.82 Å². The lowest BCUT2D eigenvalue weighted by molar-refractivity contribution is 0.105. The van der Waals surface area contributed by atoms with Crippen molar-refractivity contribution in [1.29, 1.82) is 0 Å². The predicted octanol–water partition coefficient (Wildman–Crippen LogP) is 3.53. The van der Waals surface area contributed by atoms with E-state index in [1.54, 1.807) is 7.11 Å². The van der Waals surface area contributed by atoms with Crippen LogP contribution in [-0.4, -0.2) is 66.3 Å². The second-order valence-electron chi connectivity index (χ2n) is 8.06. The smallest absolute Gasteiger partial charge is 0.261 e. The molecule has 2 atom stereocenters. The zero-order valence-corrected chi connectivity index (χ0v) is 19.6. The van der Waals surface area contributed by atoms with Crippen LogP contribution in [0.2, 0.25) is 0 Å². The molecule has 1 aromatic carbocycles. The van der Waals surface area contributed by atoms with Crippen molar-refractivity contribution in [2.75, 3.05) is 46.9 Å². The molecule has 1 aliphatic rings. The highest BCUT2D eigenvalue weighted by molar-refractivity contribution is 9.10. The third-order valence-corrected chi connectivity index (χ3v) is 6.29. The van der Waals surface area contributed by atoms with E-state index in [4.69, 9.17) is 9.72 Å². The Labute approximate surface area is 182 Å². The topological polar surface area (TPSA) is 50.6 Å². The molecule has 7 heteroatoms. The van der Waals surface area contributed by atoms with E-state index < -0.39 is 0 Å². The number of hydrogen-bond acceptors (Lipinski definition) is 5. The molecule has 0 N–H and O–H groups in total. The average Bonchev–Trinajstić information content (AvgIpc) is 2.88. The summed E-state index contributed by atoms with van der Waals surface area (Å²) in [5.74, 6) is 1.35. The van der Waals surface area contributed by atoms with Crippen molar-refractivity contribution in [2.45, 2.75) is 39.3 Å². The van der Waals surface area contributed by atoms with Crippen LogP contribution >= 0.6 is 15.9 Å². The van der Waals surface area contributed by atoms with E-state index in [0.717, 1.165) is 61.4 Å². The van der Waals surface area contributed by atoms with Crippen molar-refractivity contribution in [1.82, 2.24) is 19.4 Å². The Morgan fingerprint density at radius 2 is 2.07 bits per heavy atom. The summed E-state index contributed by atoms with van der Waals surface area (Å²) in [6.07, 6.45) is 2.03. The third kappa shape index (κ3) is 5.08. The lowest BCUT2D eigenvalue weighted by Crippen LogP contribution is -2.39. The number of aromatic nitrogens is 2. The Balaban J connectivity index is 2.07. The summed E-state index contributed by atoms with van der Waals surface area (Å²) >= 11 is 3.48. The molecular formula is C22H33BrN4O2. The Hall–Kier alpha value is -1.28. The van der Waals surface area contributed by atoms with Gasteiger partial charge in [-0.3, -0.25) is 14.3 Å². The van der Waals surface area contributed by atoms with Gasteiger partial charge < -0.3 is 9.64 Å². The minimum Gasteiger partial charge on any atom is -0.384 e. The van der Waals surface area contributed by atoms with E-state index >= 15 is 0 Å². The molecule has 1 aromatic heterocycles. The van der Waals surface area contributed by atoms with Crippen LogP contribution in [-0.2, 0) is 11.3 Å². The number of benzene rings is 1. The number of halogens is 1. The summed E-state index contributed by atoms with van der Waals surface area (Å²) < 4.78 is 8.26. The van der Waals surface area contributed by atoms with Crippen LogP contribution in [0.3, 0.4) is 0 Å². The fourth-order valence-electron chi connectivity index (χ4n) is 4.45. The SMILES string of the molecule is CCC[C@H](c1nc2ccc(Br)cc2c(=O)n1CC)N1CCN(C)C[C@@H](COC)C1. The molecule has 2 heterocycles. The zero-order valence-electron chi connectivity index (χ0n) is 18.0. The molecule has 0 saturated carbocycles. The average molecular weight is 465 g/mol. The van der Waals surface area contributed by atoms with Gasteiger partial charge in [0.25, 0.3) is 5.56 Å². The van der Waals surface area contributed by atoms with Crippen molar-refractivity contribution in [3.8, 4) is 0 Å². The first kappa shape index (κ1) is 22.4. The van der Waals surface area contributed by atoms with Gasteiger partial charge in [-0.15, -0.1) is 0 Å². The van der Waals surface area contributed by atoms with Gasteiger partial charge in [-0.05, 0) is 38.6 Å². The molecular weight excluding hydrogens is 432 g/mol. The van der Waals surface area contributed by atoms with Gasteiger partial charge in [-0.25, -0.2) is 4.98 Å². The molecule has 0 amide bonds. The van der Waals surface area contributed by atoms with Crippen LogP contribution in [0, 0.1) is 5.92 Å². The van der Waals surface area contributed by atoms with E-state index in [1.165, 1.54) is 0 Å². The van der Waals surface area contributed by atoms with E-state index in [2.05, 4.69) is 39.7 Å². The van der Waals surface area contributed by atoms with Gasteiger partial charge in [-0.2, -0.15) is 0 Å². The summed E-state index contributed by atoms with van der Waals surface area (Å²) in [4.78, 5) is 23.2. The Morgan fingerprint density at radius 3 is 2.76 bits per heavy atom. The Kier molecular flexibility index (Phi) is 7.85.